The Morgan fingerprint density at radius 2 is 1.62 bits per heavy atom. The Labute approximate surface area is 125 Å². The van der Waals surface area contributed by atoms with Crippen molar-refractivity contribution in [2.45, 2.75) is 77.8 Å². The molecule has 0 aliphatic heterocycles. The third kappa shape index (κ3) is 3.09. The third-order valence-corrected chi connectivity index (χ3v) is 4.11. The average Bonchev–Trinajstić information content (AvgIpc) is 3.17. The summed E-state index contributed by atoms with van der Waals surface area (Å²) < 4.78 is 40.5. The van der Waals surface area contributed by atoms with Gasteiger partial charge in [0.15, 0.2) is 0 Å². The SMILES string of the molecule is CCc1nc(C(F)(F)F)c(C2CC2)c(C(C)(C)C)c1CC. The van der Waals surface area contributed by atoms with Crippen LogP contribution in [-0.4, -0.2) is 4.98 Å². The van der Waals surface area contributed by atoms with Crippen molar-refractivity contribution >= 4 is 0 Å². The van der Waals surface area contributed by atoms with Gasteiger partial charge in [0.1, 0.15) is 5.69 Å². The van der Waals surface area contributed by atoms with Gasteiger partial charge in [-0.25, -0.2) is 4.98 Å². The van der Waals surface area contributed by atoms with Crippen LogP contribution in [0.3, 0.4) is 0 Å². The molecule has 0 aromatic carbocycles. The summed E-state index contributed by atoms with van der Waals surface area (Å²) in [5, 5.41) is 0. The maximum atomic E-state index is 13.5. The smallest absolute Gasteiger partial charge is 0.248 e. The maximum Gasteiger partial charge on any atom is 0.433 e. The molecular formula is C17H24F3N. The zero-order chi connectivity index (χ0) is 16.0. The molecule has 0 bridgehead atoms. The van der Waals surface area contributed by atoms with Crippen molar-refractivity contribution in [2.75, 3.05) is 0 Å². The lowest BCUT2D eigenvalue weighted by Gasteiger charge is -2.30. The van der Waals surface area contributed by atoms with Gasteiger partial charge in [-0.3, -0.25) is 0 Å². The van der Waals surface area contributed by atoms with E-state index in [1.54, 1.807) is 0 Å². The Hall–Kier alpha value is -1.06. The molecule has 1 saturated carbocycles. The number of nitrogens with zero attached hydrogens (tertiary/aromatic N) is 1. The molecule has 0 amide bonds. The summed E-state index contributed by atoms with van der Waals surface area (Å²) in [6, 6.07) is 0. The van der Waals surface area contributed by atoms with Gasteiger partial charge in [-0.1, -0.05) is 34.6 Å². The van der Waals surface area contributed by atoms with Crippen LogP contribution in [-0.2, 0) is 24.4 Å². The van der Waals surface area contributed by atoms with Crippen molar-refractivity contribution in [3.05, 3.63) is 28.1 Å². The quantitative estimate of drug-likeness (QED) is 0.728. The Morgan fingerprint density at radius 3 is 1.95 bits per heavy atom. The van der Waals surface area contributed by atoms with E-state index in [0.29, 0.717) is 17.7 Å². The van der Waals surface area contributed by atoms with Gasteiger partial charge in [0.05, 0.1) is 0 Å². The van der Waals surface area contributed by atoms with Gasteiger partial charge >= 0.3 is 6.18 Å². The second kappa shape index (κ2) is 5.29. The molecule has 1 nitrogen and oxygen atoms in total. The topological polar surface area (TPSA) is 12.9 Å². The highest BCUT2D eigenvalue weighted by atomic mass is 19.4. The molecule has 0 N–H and O–H groups in total. The Kier molecular flexibility index (Phi) is 4.11. The monoisotopic (exact) mass is 299 g/mol. The van der Waals surface area contributed by atoms with Crippen LogP contribution in [0.5, 0.6) is 0 Å². The van der Waals surface area contributed by atoms with Crippen LogP contribution in [0.2, 0.25) is 0 Å². The van der Waals surface area contributed by atoms with Gasteiger partial charge in [-0.2, -0.15) is 13.2 Å². The molecule has 4 heteroatoms. The summed E-state index contributed by atoms with van der Waals surface area (Å²) in [7, 11) is 0. The number of aromatic nitrogens is 1. The van der Waals surface area contributed by atoms with Crippen LogP contribution >= 0.6 is 0 Å². The van der Waals surface area contributed by atoms with Crippen LogP contribution in [0.25, 0.3) is 0 Å². The Bertz CT molecular complexity index is 534. The zero-order valence-corrected chi connectivity index (χ0v) is 13.5. The fourth-order valence-corrected chi connectivity index (χ4v) is 3.20. The highest BCUT2D eigenvalue weighted by molar-refractivity contribution is 5.49. The van der Waals surface area contributed by atoms with E-state index >= 15 is 0 Å². The number of pyridine rings is 1. The predicted octanol–water partition coefficient (Wildman–Crippen LogP) is 5.40. The summed E-state index contributed by atoms with van der Waals surface area (Å²) in [6.45, 7) is 9.91. The fourth-order valence-electron chi connectivity index (χ4n) is 3.20. The molecule has 0 radical (unpaired) electrons. The van der Waals surface area contributed by atoms with E-state index < -0.39 is 11.9 Å². The Balaban J connectivity index is 2.85. The lowest BCUT2D eigenvalue weighted by molar-refractivity contribution is -0.142. The third-order valence-electron chi connectivity index (χ3n) is 4.11. The summed E-state index contributed by atoms with van der Waals surface area (Å²) in [6.07, 6.45) is -1.39. The lowest BCUT2D eigenvalue weighted by Crippen LogP contribution is -2.24. The molecule has 1 heterocycles. The molecule has 1 aromatic rings. The van der Waals surface area contributed by atoms with E-state index in [-0.39, 0.29) is 11.3 Å². The molecule has 2 rings (SSSR count). The zero-order valence-electron chi connectivity index (χ0n) is 13.5. The van der Waals surface area contributed by atoms with Gasteiger partial charge < -0.3 is 0 Å². The van der Waals surface area contributed by atoms with Crippen molar-refractivity contribution in [1.82, 2.24) is 4.98 Å². The van der Waals surface area contributed by atoms with E-state index in [9.17, 15) is 13.2 Å². The molecule has 0 saturated heterocycles. The molecule has 1 aliphatic carbocycles. The average molecular weight is 299 g/mol. The van der Waals surface area contributed by atoms with Crippen molar-refractivity contribution < 1.29 is 13.2 Å². The van der Waals surface area contributed by atoms with E-state index in [1.807, 2.05) is 34.6 Å². The van der Waals surface area contributed by atoms with Gasteiger partial charge in [-0.05, 0) is 53.7 Å². The number of aryl methyl sites for hydroxylation is 1. The standard InChI is InChI=1S/C17H24F3N/c1-6-11-12(7-2)21-15(17(18,19)20)13(10-8-9-10)14(11)16(3,4)5/h10H,6-9H2,1-5H3. The number of alkyl halides is 3. The maximum absolute atomic E-state index is 13.5. The molecule has 1 aliphatic rings. The number of rotatable bonds is 3. The molecule has 118 valence electrons. The summed E-state index contributed by atoms with van der Waals surface area (Å²) in [5.41, 5.74) is 2.08. The van der Waals surface area contributed by atoms with Gasteiger partial charge in [0.25, 0.3) is 0 Å². The largest absolute Gasteiger partial charge is 0.433 e. The second-order valence-corrected chi connectivity index (χ2v) is 6.90. The molecule has 0 unspecified atom stereocenters. The van der Waals surface area contributed by atoms with Gasteiger partial charge in [0.2, 0.25) is 0 Å². The minimum Gasteiger partial charge on any atom is -0.248 e. The second-order valence-electron chi connectivity index (χ2n) is 6.90. The highest BCUT2D eigenvalue weighted by Crippen LogP contribution is 2.50. The Morgan fingerprint density at radius 1 is 1.05 bits per heavy atom. The minimum atomic E-state index is -4.37. The fraction of sp³-hybridized carbons (Fsp3) is 0.706. The summed E-state index contributed by atoms with van der Waals surface area (Å²) in [5.74, 6) is 0.0413. The normalized spacial score (nSPS) is 16.4. The molecular weight excluding hydrogens is 275 g/mol. The minimum absolute atomic E-state index is 0.0413. The van der Waals surface area contributed by atoms with Gasteiger partial charge in [-0.15, -0.1) is 0 Å². The lowest BCUT2D eigenvalue weighted by atomic mass is 9.77. The number of hydrogen-bond acceptors (Lipinski definition) is 1. The van der Waals surface area contributed by atoms with Gasteiger partial charge in [0, 0.05) is 5.69 Å². The van der Waals surface area contributed by atoms with E-state index in [2.05, 4.69) is 4.98 Å². The van der Waals surface area contributed by atoms with Crippen LogP contribution in [0.1, 0.15) is 81.5 Å². The van der Waals surface area contributed by atoms with Crippen LogP contribution < -0.4 is 0 Å². The number of halogens is 3. The first-order chi connectivity index (χ1) is 9.61. The van der Waals surface area contributed by atoms with Crippen molar-refractivity contribution in [3.8, 4) is 0 Å². The molecule has 1 aromatic heterocycles. The van der Waals surface area contributed by atoms with E-state index in [1.165, 1.54) is 0 Å². The van der Waals surface area contributed by atoms with Crippen LogP contribution in [0, 0.1) is 0 Å². The van der Waals surface area contributed by atoms with E-state index in [0.717, 1.165) is 30.4 Å². The molecule has 0 spiro atoms. The summed E-state index contributed by atoms with van der Waals surface area (Å²) in [4.78, 5) is 4.04. The molecule has 1 fully saturated rings. The predicted molar refractivity (Wildman–Crippen MR) is 78.7 cm³/mol. The molecule has 0 atom stereocenters. The van der Waals surface area contributed by atoms with Crippen molar-refractivity contribution in [1.29, 1.82) is 0 Å². The van der Waals surface area contributed by atoms with Crippen LogP contribution in [0.15, 0.2) is 0 Å². The van der Waals surface area contributed by atoms with Crippen molar-refractivity contribution in [2.24, 2.45) is 0 Å². The van der Waals surface area contributed by atoms with Crippen molar-refractivity contribution in [3.63, 3.8) is 0 Å². The first kappa shape index (κ1) is 16.3. The number of hydrogen-bond donors (Lipinski definition) is 0. The first-order valence-electron chi connectivity index (χ1n) is 7.74. The highest BCUT2D eigenvalue weighted by Gasteiger charge is 2.44. The van der Waals surface area contributed by atoms with E-state index in [4.69, 9.17) is 0 Å². The first-order valence-corrected chi connectivity index (χ1v) is 7.74. The van der Waals surface area contributed by atoms with Crippen LogP contribution in [0.4, 0.5) is 13.2 Å². The summed E-state index contributed by atoms with van der Waals surface area (Å²) >= 11 is 0. The molecule has 21 heavy (non-hydrogen) atoms.